The van der Waals surface area contributed by atoms with Crippen LogP contribution in [0.1, 0.15) is 51.3 Å². The summed E-state index contributed by atoms with van der Waals surface area (Å²) in [5, 5.41) is 2.50. The van der Waals surface area contributed by atoms with Crippen molar-refractivity contribution in [1.29, 1.82) is 0 Å². The second-order valence-corrected chi connectivity index (χ2v) is 7.14. The average Bonchev–Trinajstić information content (AvgIpc) is 3.11. The maximum absolute atomic E-state index is 4.72. The lowest BCUT2D eigenvalue weighted by molar-refractivity contribution is 0.580. The third kappa shape index (κ3) is 3.22. The van der Waals surface area contributed by atoms with Crippen LogP contribution in [0.15, 0.2) is 54.7 Å². The lowest BCUT2D eigenvalue weighted by Gasteiger charge is -2.07. The summed E-state index contributed by atoms with van der Waals surface area (Å²) >= 11 is 0. The van der Waals surface area contributed by atoms with Gasteiger partial charge in [-0.3, -0.25) is 0 Å². The number of aromatic nitrogens is 3. The van der Waals surface area contributed by atoms with E-state index in [0.717, 1.165) is 22.6 Å². The van der Waals surface area contributed by atoms with E-state index in [-0.39, 0.29) is 0 Å². The van der Waals surface area contributed by atoms with Gasteiger partial charge in [0.1, 0.15) is 5.82 Å². The van der Waals surface area contributed by atoms with Crippen molar-refractivity contribution in [2.75, 3.05) is 0 Å². The quantitative estimate of drug-likeness (QED) is 0.408. The molecule has 2 aromatic heterocycles. The molecule has 0 saturated heterocycles. The number of rotatable bonds is 6. The minimum absolute atomic E-state index is 0.441. The predicted octanol–water partition coefficient (Wildman–Crippen LogP) is 6.46. The summed E-state index contributed by atoms with van der Waals surface area (Å²) in [6.07, 6.45) is 6.90. The topological polar surface area (TPSA) is 41.6 Å². The van der Waals surface area contributed by atoms with Gasteiger partial charge >= 0.3 is 0 Å². The van der Waals surface area contributed by atoms with E-state index in [1.54, 1.807) is 0 Å². The second-order valence-electron chi connectivity index (χ2n) is 7.14. The normalized spacial score (nSPS) is 12.7. The number of benzene rings is 2. The van der Waals surface area contributed by atoms with Crippen LogP contribution in [0.25, 0.3) is 33.1 Å². The van der Waals surface area contributed by atoms with Crippen molar-refractivity contribution < 1.29 is 0 Å². The molecule has 4 aromatic rings. The molecule has 0 amide bonds. The number of H-pyrrole nitrogens is 1. The minimum Gasteiger partial charge on any atom is -0.340 e. The molecule has 0 saturated carbocycles. The molecule has 132 valence electrons. The molecule has 4 rings (SSSR count). The number of imidazole rings is 1. The second kappa shape index (κ2) is 7.28. The monoisotopic (exact) mass is 343 g/mol. The summed E-state index contributed by atoms with van der Waals surface area (Å²) in [4.78, 5) is 12.9. The van der Waals surface area contributed by atoms with Crippen LogP contribution in [0.2, 0.25) is 0 Å². The minimum atomic E-state index is 0.441. The van der Waals surface area contributed by atoms with Gasteiger partial charge in [-0.25, -0.2) is 9.97 Å². The smallest absolute Gasteiger partial charge is 0.177 e. The number of nitrogens with zero attached hydrogens (tertiary/aromatic N) is 2. The Morgan fingerprint density at radius 1 is 1.04 bits per heavy atom. The summed E-state index contributed by atoms with van der Waals surface area (Å²) in [6.45, 7) is 4.49. The Kier molecular flexibility index (Phi) is 4.70. The van der Waals surface area contributed by atoms with E-state index in [2.05, 4.69) is 72.3 Å². The zero-order chi connectivity index (χ0) is 17.9. The Morgan fingerprint density at radius 3 is 2.77 bits per heavy atom. The maximum atomic E-state index is 4.72. The first-order valence-corrected chi connectivity index (χ1v) is 9.60. The zero-order valence-corrected chi connectivity index (χ0v) is 15.5. The molecule has 0 bridgehead atoms. The van der Waals surface area contributed by atoms with Crippen molar-refractivity contribution in [3.63, 3.8) is 0 Å². The lowest BCUT2D eigenvalue weighted by Crippen LogP contribution is -1.96. The highest BCUT2D eigenvalue weighted by molar-refractivity contribution is 5.97. The third-order valence-electron chi connectivity index (χ3n) is 5.16. The Hall–Kier alpha value is -2.68. The number of fused-ring (bicyclic) bond motifs is 2. The summed E-state index contributed by atoms with van der Waals surface area (Å²) < 4.78 is 0. The molecule has 1 atom stereocenters. The van der Waals surface area contributed by atoms with E-state index in [9.17, 15) is 0 Å². The molecule has 0 aliphatic heterocycles. The standard InChI is InChI=1S/C23H25N3/c1-3-4-5-9-16(2)22-25-21-14-18(15-24-23(21)26-22)20-13-8-11-17-10-6-7-12-19(17)20/h6-8,10-16H,3-5,9H2,1-2H3,(H,24,25,26). The molecule has 0 aliphatic carbocycles. The van der Waals surface area contributed by atoms with Crippen molar-refractivity contribution in [2.24, 2.45) is 0 Å². The van der Waals surface area contributed by atoms with Gasteiger partial charge in [-0.05, 0) is 28.8 Å². The van der Waals surface area contributed by atoms with Crippen LogP contribution in [0, 0.1) is 0 Å². The van der Waals surface area contributed by atoms with Crippen molar-refractivity contribution >= 4 is 21.9 Å². The molecule has 3 heteroatoms. The van der Waals surface area contributed by atoms with Crippen molar-refractivity contribution in [1.82, 2.24) is 15.0 Å². The van der Waals surface area contributed by atoms with E-state index in [4.69, 9.17) is 4.98 Å². The maximum Gasteiger partial charge on any atom is 0.177 e. The van der Waals surface area contributed by atoms with Gasteiger partial charge in [0.15, 0.2) is 5.65 Å². The summed E-state index contributed by atoms with van der Waals surface area (Å²) in [6, 6.07) is 17.1. The van der Waals surface area contributed by atoms with E-state index in [0.29, 0.717) is 5.92 Å². The van der Waals surface area contributed by atoms with Crippen molar-refractivity contribution in [3.05, 3.63) is 60.6 Å². The Bertz CT molecular complexity index is 1030. The molecule has 1 unspecified atom stereocenters. The van der Waals surface area contributed by atoms with Gasteiger partial charge in [0.25, 0.3) is 0 Å². The summed E-state index contributed by atoms with van der Waals surface area (Å²) in [7, 11) is 0. The Balaban J connectivity index is 1.69. The molecule has 0 aliphatic rings. The fraction of sp³-hybridized carbons (Fsp3) is 0.304. The van der Waals surface area contributed by atoms with Crippen LogP contribution >= 0.6 is 0 Å². The molecule has 0 fully saturated rings. The molecular formula is C23H25N3. The van der Waals surface area contributed by atoms with Gasteiger partial charge < -0.3 is 4.98 Å². The van der Waals surface area contributed by atoms with E-state index in [1.807, 2.05) is 6.20 Å². The van der Waals surface area contributed by atoms with Crippen molar-refractivity contribution in [3.8, 4) is 11.1 Å². The number of aromatic amines is 1. The van der Waals surface area contributed by atoms with Gasteiger partial charge in [-0.15, -0.1) is 0 Å². The average molecular weight is 343 g/mol. The lowest BCUT2D eigenvalue weighted by atomic mass is 9.99. The van der Waals surface area contributed by atoms with E-state index in [1.165, 1.54) is 42.0 Å². The Morgan fingerprint density at radius 2 is 1.88 bits per heavy atom. The van der Waals surface area contributed by atoms with Gasteiger partial charge in [0.05, 0.1) is 5.52 Å². The van der Waals surface area contributed by atoms with Gasteiger partial charge in [0.2, 0.25) is 0 Å². The first-order chi connectivity index (χ1) is 12.8. The fourth-order valence-corrected chi connectivity index (χ4v) is 3.61. The number of pyridine rings is 1. The number of hydrogen-bond acceptors (Lipinski definition) is 2. The first kappa shape index (κ1) is 16.8. The van der Waals surface area contributed by atoms with Crippen LogP contribution in [0.4, 0.5) is 0 Å². The van der Waals surface area contributed by atoms with Crippen LogP contribution in [0.3, 0.4) is 0 Å². The van der Waals surface area contributed by atoms with Crippen LogP contribution in [-0.4, -0.2) is 15.0 Å². The van der Waals surface area contributed by atoms with Gasteiger partial charge in [0, 0.05) is 17.7 Å². The van der Waals surface area contributed by atoms with Gasteiger partial charge in [-0.1, -0.05) is 75.6 Å². The van der Waals surface area contributed by atoms with E-state index >= 15 is 0 Å². The molecule has 2 heterocycles. The first-order valence-electron chi connectivity index (χ1n) is 9.60. The SMILES string of the molecule is CCCCCC(C)c1nc2ncc(-c3cccc4ccccc34)cc2[nH]1. The van der Waals surface area contributed by atoms with E-state index < -0.39 is 0 Å². The molecule has 0 radical (unpaired) electrons. The molecule has 1 N–H and O–H groups in total. The fourth-order valence-electron chi connectivity index (χ4n) is 3.61. The molecule has 2 aromatic carbocycles. The molecular weight excluding hydrogens is 318 g/mol. The molecule has 0 spiro atoms. The predicted molar refractivity (Wildman–Crippen MR) is 109 cm³/mol. The van der Waals surface area contributed by atoms with Crippen molar-refractivity contribution in [2.45, 2.75) is 45.4 Å². The largest absolute Gasteiger partial charge is 0.340 e. The number of nitrogens with one attached hydrogen (secondary N) is 1. The van der Waals surface area contributed by atoms with Gasteiger partial charge in [-0.2, -0.15) is 0 Å². The number of unbranched alkanes of at least 4 members (excludes halogenated alkanes) is 2. The highest BCUT2D eigenvalue weighted by Gasteiger charge is 2.13. The Labute approximate surface area is 154 Å². The van der Waals surface area contributed by atoms with Crippen LogP contribution in [0.5, 0.6) is 0 Å². The zero-order valence-electron chi connectivity index (χ0n) is 15.5. The summed E-state index contributed by atoms with van der Waals surface area (Å²) in [5.41, 5.74) is 4.17. The van der Waals surface area contributed by atoms with Crippen LogP contribution in [-0.2, 0) is 0 Å². The van der Waals surface area contributed by atoms with Crippen LogP contribution < -0.4 is 0 Å². The molecule has 3 nitrogen and oxygen atoms in total. The third-order valence-corrected chi connectivity index (χ3v) is 5.16. The highest BCUT2D eigenvalue weighted by Crippen LogP contribution is 2.30. The highest BCUT2D eigenvalue weighted by atomic mass is 15.0. The molecule has 26 heavy (non-hydrogen) atoms. The number of hydrogen-bond donors (Lipinski definition) is 1. The summed E-state index contributed by atoms with van der Waals surface area (Å²) in [5.74, 6) is 1.50.